The SMILES string of the molecule is CN1C(=O)c2cccc(OC(F)F)c2C2CC1c1nc3ccc(-c4cnc5c(c4)COC[C@@]5(C)O)cc3n12. The highest BCUT2D eigenvalue weighted by molar-refractivity contribution is 5.98. The van der Waals surface area contributed by atoms with E-state index in [2.05, 4.69) is 4.98 Å². The fourth-order valence-corrected chi connectivity index (χ4v) is 6.15. The third kappa shape index (κ3) is 3.30. The Hall–Kier alpha value is -3.89. The Balaban J connectivity index is 1.40. The van der Waals surface area contributed by atoms with Crippen molar-refractivity contribution in [3.8, 4) is 16.9 Å². The van der Waals surface area contributed by atoms with Gasteiger partial charge in [-0.15, -0.1) is 0 Å². The molecular formula is C28H24F2N4O4. The molecule has 0 spiro atoms. The second-order valence-corrected chi connectivity index (χ2v) is 10.3. The number of aliphatic hydroxyl groups is 1. The van der Waals surface area contributed by atoms with E-state index in [-0.39, 0.29) is 24.3 Å². The smallest absolute Gasteiger partial charge is 0.387 e. The van der Waals surface area contributed by atoms with E-state index in [4.69, 9.17) is 14.5 Å². The number of amides is 1. The first-order valence-electron chi connectivity index (χ1n) is 12.4. The van der Waals surface area contributed by atoms with Crippen molar-refractivity contribution in [2.75, 3.05) is 13.7 Å². The van der Waals surface area contributed by atoms with Crippen LogP contribution in [0.3, 0.4) is 0 Å². The van der Waals surface area contributed by atoms with Crippen molar-refractivity contribution in [1.82, 2.24) is 19.4 Å². The largest absolute Gasteiger partial charge is 0.434 e. The third-order valence-corrected chi connectivity index (χ3v) is 7.86. The molecule has 4 aromatic rings. The molecule has 3 aliphatic rings. The number of carbonyl (C=O) groups is 1. The number of nitrogens with zero attached hydrogens (tertiary/aromatic N) is 4. The van der Waals surface area contributed by atoms with Crippen LogP contribution in [0, 0.1) is 0 Å². The number of benzene rings is 2. The van der Waals surface area contributed by atoms with Gasteiger partial charge in [-0.3, -0.25) is 9.78 Å². The van der Waals surface area contributed by atoms with Crippen LogP contribution in [0.15, 0.2) is 48.7 Å². The molecule has 0 aliphatic carbocycles. The topological polar surface area (TPSA) is 89.7 Å². The van der Waals surface area contributed by atoms with Gasteiger partial charge >= 0.3 is 6.61 Å². The fraction of sp³-hybridized carbons (Fsp3) is 0.321. The predicted octanol–water partition coefficient (Wildman–Crippen LogP) is 4.56. The maximum Gasteiger partial charge on any atom is 0.387 e. The molecule has 1 N–H and O–H groups in total. The van der Waals surface area contributed by atoms with Gasteiger partial charge < -0.3 is 24.0 Å². The molecule has 2 aromatic carbocycles. The number of aromatic nitrogens is 3. The summed E-state index contributed by atoms with van der Waals surface area (Å²) in [6.07, 6.45) is 2.25. The molecule has 7 rings (SSSR count). The van der Waals surface area contributed by atoms with Crippen LogP contribution in [0.1, 0.15) is 58.4 Å². The van der Waals surface area contributed by atoms with Crippen molar-refractivity contribution in [3.63, 3.8) is 0 Å². The highest BCUT2D eigenvalue weighted by Gasteiger charge is 2.45. The van der Waals surface area contributed by atoms with Crippen molar-refractivity contribution in [3.05, 3.63) is 76.9 Å². The van der Waals surface area contributed by atoms with Gasteiger partial charge in [0.1, 0.15) is 17.2 Å². The number of hydrogen-bond acceptors (Lipinski definition) is 6. The lowest BCUT2D eigenvalue weighted by molar-refractivity contribution is -0.0635. The maximum absolute atomic E-state index is 13.3. The predicted molar refractivity (Wildman–Crippen MR) is 133 cm³/mol. The molecule has 5 heterocycles. The number of rotatable bonds is 3. The monoisotopic (exact) mass is 518 g/mol. The van der Waals surface area contributed by atoms with E-state index in [1.807, 2.05) is 28.8 Å². The zero-order valence-corrected chi connectivity index (χ0v) is 20.7. The lowest BCUT2D eigenvalue weighted by atomic mass is 9.94. The highest BCUT2D eigenvalue weighted by atomic mass is 19.3. The molecule has 2 bridgehead atoms. The summed E-state index contributed by atoms with van der Waals surface area (Å²) in [5.41, 5.74) is 4.41. The molecule has 3 aliphatic heterocycles. The Bertz CT molecular complexity index is 1630. The van der Waals surface area contributed by atoms with Crippen molar-refractivity contribution in [1.29, 1.82) is 0 Å². The summed E-state index contributed by atoms with van der Waals surface area (Å²) in [5.74, 6) is 0.467. The minimum absolute atomic E-state index is 0.00157. The molecule has 0 fully saturated rings. The van der Waals surface area contributed by atoms with E-state index in [1.165, 1.54) is 6.07 Å². The highest BCUT2D eigenvalue weighted by Crippen LogP contribution is 2.50. The number of fused-ring (bicyclic) bond motifs is 10. The normalized spacial score (nSPS) is 23.8. The molecule has 10 heteroatoms. The van der Waals surface area contributed by atoms with Crippen LogP contribution < -0.4 is 4.74 Å². The van der Waals surface area contributed by atoms with Gasteiger partial charge in [0.25, 0.3) is 5.91 Å². The van der Waals surface area contributed by atoms with Gasteiger partial charge in [-0.05, 0) is 42.8 Å². The summed E-state index contributed by atoms with van der Waals surface area (Å²) in [7, 11) is 1.72. The number of hydrogen-bond donors (Lipinski definition) is 1. The zero-order chi connectivity index (χ0) is 26.3. The maximum atomic E-state index is 13.3. The van der Waals surface area contributed by atoms with Gasteiger partial charge in [0.15, 0.2) is 0 Å². The molecule has 1 amide bonds. The van der Waals surface area contributed by atoms with Crippen molar-refractivity contribution < 1.29 is 28.2 Å². The average molecular weight is 519 g/mol. The summed E-state index contributed by atoms with van der Waals surface area (Å²) < 4.78 is 39.2. The Morgan fingerprint density at radius 1 is 1.18 bits per heavy atom. The summed E-state index contributed by atoms with van der Waals surface area (Å²) in [5, 5.41) is 10.6. The van der Waals surface area contributed by atoms with E-state index >= 15 is 0 Å². The molecule has 8 nitrogen and oxygen atoms in total. The second-order valence-electron chi connectivity index (χ2n) is 10.3. The van der Waals surface area contributed by atoms with Crippen LogP contribution >= 0.6 is 0 Å². The Labute approximate surface area is 216 Å². The number of ether oxygens (including phenoxy) is 2. The molecular weight excluding hydrogens is 494 g/mol. The number of imidazole rings is 1. The van der Waals surface area contributed by atoms with Crippen LogP contribution in [-0.2, 0) is 16.9 Å². The Morgan fingerprint density at radius 3 is 2.84 bits per heavy atom. The zero-order valence-electron chi connectivity index (χ0n) is 20.7. The molecule has 0 radical (unpaired) electrons. The van der Waals surface area contributed by atoms with Crippen molar-refractivity contribution in [2.24, 2.45) is 0 Å². The first-order chi connectivity index (χ1) is 18.2. The van der Waals surface area contributed by atoms with Gasteiger partial charge in [-0.2, -0.15) is 8.78 Å². The first-order valence-corrected chi connectivity index (χ1v) is 12.4. The summed E-state index contributed by atoms with van der Waals surface area (Å²) in [6.45, 7) is -0.768. The molecule has 0 saturated carbocycles. The molecule has 194 valence electrons. The molecule has 2 unspecified atom stereocenters. The summed E-state index contributed by atoms with van der Waals surface area (Å²) in [4.78, 5) is 24.4. The third-order valence-electron chi connectivity index (χ3n) is 7.86. The van der Waals surface area contributed by atoms with Gasteiger partial charge in [0.2, 0.25) is 0 Å². The lowest BCUT2D eigenvalue weighted by Crippen LogP contribution is -2.34. The standard InChI is InChI=1S/C28H24F2N4O4/c1-28(36)13-37-12-16-8-15(11-31-24(16)28)14-6-7-18-19(9-14)34-20-10-21(25(34)32-18)33(2)26(35)17-4-3-5-22(23(17)20)38-27(29)30/h3-9,11,20-21,27,36H,10,12-13H2,1-2H3/t20?,21?,28-/m1/s1. The Morgan fingerprint density at radius 2 is 2.03 bits per heavy atom. The van der Waals surface area contributed by atoms with E-state index in [1.54, 1.807) is 37.2 Å². The van der Waals surface area contributed by atoms with Crippen molar-refractivity contribution >= 4 is 16.9 Å². The molecule has 0 saturated heterocycles. The van der Waals surface area contributed by atoms with Crippen LogP contribution in [0.25, 0.3) is 22.2 Å². The molecule has 3 atom stereocenters. The minimum Gasteiger partial charge on any atom is -0.434 e. The number of pyridine rings is 1. The van der Waals surface area contributed by atoms with Gasteiger partial charge in [0, 0.05) is 41.9 Å². The van der Waals surface area contributed by atoms with Crippen molar-refractivity contribution in [2.45, 2.75) is 44.2 Å². The molecule has 2 aromatic heterocycles. The van der Waals surface area contributed by atoms with Gasteiger partial charge in [-0.25, -0.2) is 4.98 Å². The molecule has 38 heavy (non-hydrogen) atoms. The van der Waals surface area contributed by atoms with Crippen LogP contribution in [0.4, 0.5) is 8.78 Å². The van der Waals surface area contributed by atoms with Gasteiger partial charge in [-0.1, -0.05) is 12.1 Å². The van der Waals surface area contributed by atoms with Crippen LogP contribution in [-0.4, -0.2) is 50.7 Å². The van der Waals surface area contributed by atoms with E-state index in [9.17, 15) is 18.7 Å². The summed E-state index contributed by atoms with van der Waals surface area (Å²) in [6, 6.07) is 11.8. The average Bonchev–Trinajstić information content (AvgIpc) is 3.41. The fourth-order valence-electron chi connectivity index (χ4n) is 6.15. The van der Waals surface area contributed by atoms with Crippen LogP contribution in [0.2, 0.25) is 0 Å². The second kappa shape index (κ2) is 8.05. The number of halogens is 2. The van der Waals surface area contributed by atoms with Gasteiger partial charge in [0.05, 0.1) is 42.0 Å². The first kappa shape index (κ1) is 23.2. The van der Waals surface area contributed by atoms with E-state index < -0.39 is 18.3 Å². The number of carbonyl (C=O) groups excluding carboxylic acids is 1. The van der Waals surface area contributed by atoms with E-state index in [0.29, 0.717) is 35.7 Å². The van der Waals surface area contributed by atoms with Crippen LogP contribution in [0.5, 0.6) is 5.75 Å². The van der Waals surface area contributed by atoms with E-state index in [0.717, 1.165) is 27.7 Å². The lowest BCUT2D eigenvalue weighted by Gasteiger charge is -2.30. The Kier molecular flexibility index (Phi) is 4.93. The quantitative estimate of drug-likeness (QED) is 0.428. The number of alkyl halides is 2. The minimum atomic E-state index is -3.01. The summed E-state index contributed by atoms with van der Waals surface area (Å²) >= 11 is 0.